The first-order chi connectivity index (χ1) is 16.9. The van der Waals surface area contributed by atoms with Gasteiger partial charge in [0.05, 0.1) is 0 Å². The zero-order valence-electron chi connectivity index (χ0n) is 23.8. The van der Waals surface area contributed by atoms with E-state index in [-0.39, 0.29) is 6.04 Å². The molecule has 0 saturated carbocycles. The number of unbranched alkanes of at least 4 members (excludes halogenated alkanes) is 5. The first-order valence-corrected chi connectivity index (χ1v) is 17.2. The van der Waals surface area contributed by atoms with Crippen LogP contribution in [0.25, 0.3) is 0 Å². The van der Waals surface area contributed by atoms with Crippen molar-refractivity contribution in [3.8, 4) is 5.75 Å². The molecule has 4 nitrogen and oxygen atoms in total. The number of aryl methyl sites for hydroxylation is 1. The minimum absolute atomic E-state index is 0.173. The zero-order valence-corrected chi connectivity index (χ0v) is 24.8. The van der Waals surface area contributed by atoms with Crippen molar-refractivity contribution in [3.63, 3.8) is 0 Å². The number of aromatic hydroxyl groups is 1. The molecule has 0 aliphatic heterocycles. The molecule has 2 atom stereocenters. The fourth-order valence-corrected chi connectivity index (χ4v) is 6.99. The van der Waals surface area contributed by atoms with Gasteiger partial charge in [-0.15, -0.1) is 0 Å². The molecule has 0 aromatic heterocycles. The van der Waals surface area contributed by atoms with Crippen LogP contribution >= 0.6 is 0 Å². The number of nitrogens with one attached hydrogen (secondary N) is 2. The molecule has 5 heteroatoms. The minimum Gasteiger partial charge on any atom is -0.508 e. The molecule has 1 aromatic carbocycles. The fourth-order valence-electron chi connectivity index (χ4n) is 4.81. The van der Waals surface area contributed by atoms with Gasteiger partial charge in [-0.25, -0.2) is 0 Å². The summed E-state index contributed by atoms with van der Waals surface area (Å²) in [5.41, 5.74) is 3.02. The summed E-state index contributed by atoms with van der Waals surface area (Å²) in [4.78, 5) is 0. The van der Waals surface area contributed by atoms with Gasteiger partial charge in [-0.3, -0.25) is 0 Å². The van der Waals surface area contributed by atoms with Crippen molar-refractivity contribution in [1.29, 1.82) is 0 Å². The molecule has 0 radical (unpaired) electrons. The van der Waals surface area contributed by atoms with E-state index in [2.05, 4.69) is 61.9 Å². The average Bonchev–Trinajstić information content (AvgIpc) is 2.84. The highest BCUT2D eigenvalue weighted by atomic mass is 28.4. The Morgan fingerprint density at radius 1 is 0.971 bits per heavy atom. The lowest BCUT2D eigenvalue weighted by Gasteiger charge is -2.30. The first-order valence-electron chi connectivity index (χ1n) is 14.3. The number of phenolic OH excluding ortho intramolecular Hbond substituents is 1. The molecule has 0 aliphatic rings. The maximum Gasteiger partial charge on any atom is 0.189 e. The van der Waals surface area contributed by atoms with Crippen LogP contribution in [-0.4, -0.2) is 40.7 Å². The molecule has 0 saturated heterocycles. The van der Waals surface area contributed by atoms with Gasteiger partial charge in [-0.1, -0.05) is 63.3 Å². The summed E-state index contributed by atoms with van der Waals surface area (Å²) in [6, 6.07) is 6.42. The number of benzene rings is 1. The number of phenols is 1. The molecule has 0 heterocycles. The highest BCUT2D eigenvalue weighted by Crippen LogP contribution is 2.32. The summed E-state index contributed by atoms with van der Waals surface area (Å²) in [7, 11) is 2.36. The number of hydrogen-bond donors (Lipinski definition) is 3. The van der Waals surface area contributed by atoms with Crippen LogP contribution in [-0.2, 0) is 10.8 Å². The number of allylic oxidation sites excluding steroid dienone is 2. The normalized spacial score (nSPS) is 14.0. The SMILES string of the molecule is CCCC(CC/C=C/CCCCCCCc1ccc(C(C)NCCCNC)c(O)c1)[Si](C)(C)OC. The van der Waals surface area contributed by atoms with E-state index >= 15 is 0 Å². The van der Waals surface area contributed by atoms with E-state index in [1.54, 1.807) is 0 Å². The summed E-state index contributed by atoms with van der Waals surface area (Å²) >= 11 is 0. The lowest BCUT2D eigenvalue weighted by atomic mass is 10.0. The maximum absolute atomic E-state index is 10.5. The van der Waals surface area contributed by atoms with E-state index in [4.69, 9.17) is 4.43 Å². The Labute approximate surface area is 218 Å². The topological polar surface area (TPSA) is 53.5 Å². The van der Waals surface area contributed by atoms with Gasteiger partial charge >= 0.3 is 0 Å². The quantitative estimate of drug-likeness (QED) is 0.0905. The van der Waals surface area contributed by atoms with Gasteiger partial charge in [0.2, 0.25) is 0 Å². The van der Waals surface area contributed by atoms with Crippen molar-refractivity contribution >= 4 is 8.32 Å². The van der Waals surface area contributed by atoms with E-state index in [9.17, 15) is 5.11 Å². The maximum atomic E-state index is 10.5. The van der Waals surface area contributed by atoms with Crippen molar-refractivity contribution in [1.82, 2.24) is 10.6 Å². The standard InChI is InChI=1S/C30H56N2O2Si/c1-7-18-28(35(5,6)34-4)20-16-14-12-10-8-9-11-13-15-19-27-21-22-29(30(33)25-27)26(2)32-24-17-23-31-3/h12,14,21-22,25-26,28,31-33H,7-11,13,15-20,23-24H2,1-6H3/b14-12+. The Bertz CT molecular complexity index is 693. The molecule has 1 rings (SSSR count). The predicted molar refractivity (Wildman–Crippen MR) is 156 cm³/mol. The smallest absolute Gasteiger partial charge is 0.189 e. The van der Waals surface area contributed by atoms with Crippen LogP contribution in [0.1, 0.15) is 102 Å². The lowest BCUT2D eigenvalue weighted by Crippen LogP contribution is -2.35. The largest absolute Gasteiger partial charge is 0.508 e. The molecule has 2 unspecified atom stereocenters. The van der Waals surface area contributed by atoms with Crippen LogP contribution in [0.15, 0.2) is 30.4 Å². The van der Waals surface area contributed by atoms with Crippen LogP contribution in [0, 0.1) is 0 Å². The monoisotopic (exact) mass is 504 g/mol. The van der Waals surface area contributed by atoms with Gasteiger partial charge in [0.1, 0.15) is 5.75 Å². The third kappa shape index (κ3) is 13.7. The third-order valence-corrected chi connectivity index (χ3v) is 11.0. The van der Waals surface area contributed by atoms with Crippen LogP contribution in [0.4, 0.5) is 0 Å². The second kappa shape index (κ2) is 19.0. The molecule has 35 heavy (non-hydrogen) atoms. The highest BCUT2D eigenvalue weighted by Gasteiger charge is 2.31. The van der Waals surface area contributed by atoms with Crippen molar-refractivity contribution in [2.45, 2.75) is 116 Å². The van der Waals surface area contributed by atoms with Gasteiger partial charge in [0.25, 0.3) is 0 Å². The second-order valence-corrected chi connectivity index (χ2v) is 15.1. The van der Waals surface area contributed by atoms with Crippen LogP contribution in [0.3, 0.4) is 0 Å². The van der Waals surface area contributed by atoms with Crippen molar-refractivity contribution in [3.05, 3.63) is 41.5 Å². The molecule has 0 bridgehead atoms. The fraction of sp³-hybridized carbons (Fsp3) is 0.733. The van der Waals surface area contributed by atoms with E-state index < -0.39 is 8.32 Å². The summed E-state index contributed by atoms with van der Waals surface area (Å²) in [6.07, 6.45) is 19.6. The molecular formula is C30H56N2O2Si. The highest BCUT2D eigenvalue weighted by molar-refractivity contribution is 6.72. The van der Waals surface area contributed by atoms with Crippen molar-refractivity contribution < 1.29 is 9.53 Å². The molecule has 0 aliphatic carbocycles. The Kier molecular flexibility index (Phi) is 17.3. The minimum atomic E-state index is -1.52. The Morgan fingerprint density at radius 3 is 2.37 bits per heavy atom. The Morgan fingerprint density at radius 2 is 1.69 bits per heavy atom. The van der Waals surface area contributed by atoms with Crippen molar-refractivity contribution in [2.75, 3.05) is 27.2 Å². The van der Waals surface area contributed by atoms with Gasteiger partial charge in [-0.05, 0) is 102 Å². The summed E-state index contributed by atoms with van der Waals surface area (Å²) in [5, 5.41) is 17.1. The molecular weight excluding hydrogens is 448 g/mol. The molecule has 1 aromatic rings. The number of hydrogen-bond acceptors (Lipinski definition) is 4. The van der Waals surface area contributed by atoms with Gasteiger partial charge in [0, 0.05) is 18.7 Å². The van der Waals surface area contributed by atoms with E-state index in [1.165, 1.54) is 69.8 Å². The van der Waals surface area contributed by atoms with Gasteiger partial charge in [0.15, 0.2) is 8.32 Å². The van der Waals surface area contributed by atoms with Crippen LogP contribution < -0.4 is 10.6 Å². The molecule has 0 amide bonds. The van der Waals surface area contributed by atoms with E-state index in [0.29, 0.717) is 5.75 Å². The lowest BCUT2D eigenvalue weighted by molar-refractivity contribution is 0.380. The number of rotatable bonds is 21. The van der Waals surface area contributed by atoms with Gasteiger partial charge < -0.3 is 20.2 Å². The zero-order chi connectivity index (χ0) is 25.9. The summed E-state index contributed by atoms with van der Waals surface area (Å²) < 4.78 is 5.86. The Balaban J connectivity index is 2.16. The van der Waals surface area contributed by atoms with E-state index in [1.807, 2.05) is 20.2 Å². The Hall–Kier alpha value is -1.14. The van der Waals surface area contributed by atoms with Crippen LogP contribution in [0.2, 0.25) is 18.6 Å². The third-order valence-electron chi connectivity index (χ3n) is 7.45. The van der Waals surface area contributed by atoms with E-state index in [0.717, 1.165) is 37.0 Å². The molecule has 202 valence electrons. The molecule has 0 fully saturated rings. The van der Waals surface area contributed by atoms with Crippen molar-refractivity contribution in [2.24, 2.45) is 0 Å². The molecule has 3 N–H and O–H groups in total. The predicted octanol–water partition coefficient (Wildman–Crippen LogP) is 7.89. The molecule has 0 spiro atoms. The van der Waals surface area contributed by atoms with Gasteiger partial charge in [-0.2, -0.15) is 0 Å². The average molecular weight is 505 g/mol. The first kappa shape index (κ1) is 31.9. The van der Waals surface area contributed by atoms with Crippen LogP contribution in [0.5, 0.6) is 5.75 Å². The summed E-state index contributed by atoms with van der Waals surface area (Å²) in [5.74, 6) is 0.428. The summed E-state index contributed by atoms with van der Waals surface area (Å²) in [6.45, 7) is 11.1. The second-order valence-electron chi connectivity index (χ2n) is 10.7.